The van der Waals surface area contributed by atoms with Crippen LogP contribution in [0.3, 0.4) is 0 Å². The number of nitrogens with one attached hydrogen (secondary N) is 2. The average molecular weight is 401 g/mol. The number of hydrogen-bond donors (Lipinski definition) is 2. The topological polar surface area (TPSA) is 64.7 Å². The summed E-state index contributed by atoms with van der Waals surface area (Å²) in [6.07, 6.45) is 0. The zero-order valence-corrected chi connectivity index (χ0v) is 16.7. The van der Waals surface area contributed by atoms with Gasteiger partial charge in [0.2, 0.25) is 0 Å². The molecule has 0 aromatic heterocycles. The van der Waals surface area contributed by atoms with Crippen molar-refractivity contribution in [2.24, 2.45) is 0 Å². The van der Waals surface area contributed by atoms with Crippen molar-refractivity contribution in [2.45, 2.75) is 6.92 Å². The molecule has 148 valence electrons. The van der Waals surface area contributed by atoms with Gasteiger partial charge in [-0.15, -0.1) is 0 Å². The van der Waals surface area contributed by atoms with Gasteiger partial charge in [-0.1, -0.05) is 35.9 Å². The molecule has 6 nitrogen and oxygen atoms in total. The molecule has 2 amide bonds. The number of anilines is 2. The van der Waals surface area contributed by atoms with Crippen LogP contribution in [0.5, 0.6) is 0 Å². The van der Waals surface area contributed by atoms with Crippen LogP contribution in [0.25, 0.3) is 0 Å². The molecular weight excluding hydrogens is 376 g/mol. The Labute approximate surface area is 170 Å². The molecule has 1 saturated heterocycles. The lowest BCUT2D eigenvalue weighted by molar-refractivity contribution is -0.136. The Hall–Kier alpha value is -2.57. The number of amides is 2. The molecule has 0 radical (unpaired) electrons. The predicted molar refractivity (Wildman–Crippen MR) is 113 cm³/mol. The van der Waals surface area contributed by atoms with Crippen LogP contribution in [0.15, 0.2) is 48.5 Å². The van der Waals surface area contributed by atoms with Crippen molar-refractivity contribution in [3.8, 4) is 0 Å². The molecule has 0 unspecified atom stereocenters. The highest BCUT2D eigenvalue weighted by molar-refractivity contribution is 6.40. The molecule has 0 spiro atoms. The van der Waals surface area contributed by atoms with Crippen molar-refractivity contribution in [1.29, 1.82) is 0 Å². The van der Waals surface area contributed by atoms with E-state index in [9.17, 15) is 9.59 Å². The van der Waals surface area contributed by atoms with Crippen molar-refractivity contribution in [1.82, 2.24) is 10.2 Å². The van der Waals surface area contributed by atoms with Crippen LogP contribution in [0, 0.1) is 6.92 Å². The number of carbonyl (C=O) groups excluding carboxylic acids is 2. The molecule has 2 aromatic rings. The number of carbonyl (C=O) groups is 2. The van der Waals surface area contributed by atoms with Crippen LogP contribution in [0.4, 0.5) is 11.4 Å². The minimum atomic E-state index is -0.681. The molecule has 0 saturated carbocycles. The lowest BCUT2D eigenvalue weighted by Crippen LogP contribution is -2.49. The molecule has 1 aliphatic rings. The molecule has 1 heterocycles. The first kappa shape index (κ1) is 20.2. The fourth-order valence-corrected chi connectivity index (χ4v) is 3.37. The van der Waals surface area contributed by atoms with Crippen molar-refractivity contribution < 1.29 is 9.59 Å². The lowest BCUT2D eigenvalue weighted by Gasteiger charge is -2.36. The second kappa shape index (κ2) is 9.57. The quantitative estimate of drug-likeness (QED) is 0.757. The molecule has 0 atom stereocenters. The molecule has 2 N–H and O–H groups in total. The van der Waals surface area contributed by atoms with Gasteiger partial charge in [-0.25, -0.2) is 0 Å². The molecule has 7 heteroatoms. The summed E-state index contributed by atoms with van der Waals surface area (Å²) in [4.78, 5) is 28.8. The summed E-state index contributed by atoms with van der Waals surface area (Å²) in [5, 5.41) is 5.84. The highest BCUT2D eigenvalue weighted by Crippen LogP contribution is 2.22. The monoisotopic (exact) mass is 400 g/mol. The van der Waals surface area contributed by atoms with Gasteiger partial charge in [-0.2, -0.15) is 0 Å². The van der Waals surface area contributed by atoms with E-state index in [-0.39, 0.29) is 0 Å². The van der Waals surface area contributed by atoms with E-state index in [1.807, 2.05) is 18.2 Å². The second-order valence-electron chi connectivity index (χ2n) is 6.79. The Morgan fingerprint density at radius 3 is 2.39 bits per heavy atom. The van der Waals surface area contributed by atoms with Gasteiger partial charge in [-0.3, -0.25) is 14.5 Å². The van der Waals surface area contributed by atoms with Crippen molar-refractivity contribution in [3.63, 3.8) is 0 Å². The van der Waals surface area contributed by atoms with Gasteiger partial charge >= 0.3 is 11.8 Å². The summed E-state index contributed by atoms with van der Waals surface area (Å²) in [5.74, 6) is -1.32. The third kappa shape index (κ3) is 5.24. The van der Waals surface area contributed by atoms with E-state index >= 15 is 0 Å². The zero-order valence-electron chi connectivity index (χ0n) is 16.0. The molecular formula is C21H25ClN4O2. The van der Waals surface area contributed by atoms with Crippen molar-refractivity contribution in [2.75, 3.05) is 49.5 Å². The molecule has 1 aliphatic heterocycles. The Kier molecular flexibility index (Phi) is 6.90. The van der Waals surface area contributed by atoms with Crippen LogP contribution in [-0.4, -0.2) is 56.0 Å². The average Bonchev–Trinajstić information content (AvgIpc) is 2.72. The van der Waals surface area contributed by atoms with E-state index in [0.29, 0.717) is 17.3 Å². The van der Waals surface area contributed by atoms with Gasteiger partial charge in [0.1, 0.15) is 0 Å². The van der Waals surface area contributed by atoms with Gasteiger partial charge in [-0.05, 0) is 36.8 Å². The van der Waals surface area contributed by atoms with E-state index in [4.69, 9.17) is 11.6 Å². The molecule has 0 bridgehead atoms. The van der Waals surface area contributed by atoms with Crippen molar-refractivity contribution in [3.05, 3.63) is 59.1 Å². The third-order valence-electron chi connectivity index (χ3n) is 4.93. The number of nitrogens with zero attached hydrogens (tertiary/aromatic N) is 2. The summed E-state index contributed by atoms with van der Waals surface area (Å²) in [7, 11) is 0. The molecule has 1 fully saturated rings. The minimum absolute atomic E-state index is 0.437. The number of para-hydroxylation sites is 1. The van der Waals surface area contributed by atoms with E-state index in [1.54, 1.807) is 25.1 Å². The number of rotatable bonds is 5. The Balaban J connectivity index is 1.38. The Morgan fingerprint density at radius 2 is 1.68 bits per heavy atom. The van der Waals surface area contributed by atoms with Gasteiger partial charge in [0.25, 0.3) is 0 Å². The van der Waals surface area contributed by atoms with Crippen LogP contribution in [0.2, 0.25) is 5.02 Å². The maximum Gasteiger partial charge on any atom is 0.313 e. The second-order valence-corrected chi connectivity index (χ2v) is 7.19. The number of hydrogen-bond acceptors (Lipinski definition) is 4. The smallest absolute Gasteiger partial charge is 0.313 e. The molecule has 2 aromatic carbocycles. The zero-order chi connectivity index (χ0) is 19.9. The number of halogens is 1. The minimum Gasteiger partial charge on any atom is -0.369 e. The fourth-order valence-electron chi connectivity index (χ4n) is 3.20. The highest BCUT2D eigenvalue weighted by atomic mass is 35.5. The summed E-state index contributed by atoms with van der Waals surface area (Å²) >= 11 is 6.04. The predicted octanol–water partition coefficient (Wildman–Crippen LogP) is 2.53. The van der Waals surface area contributed by atoms with Gasteiger partial charge in [0, 0.05) is 55.7 Å². The highest BCUT2D eigenvalue weighted by Gasteiger charge is 2.18. The van der Waals surface area contributed by atoms with Crippen LogP contribution in [0.1, 0.15) is 5.56 Å². The summed E-state index contributed by atoms with van der Waals surface area (Å²) in [6, 6.07) is 15.6. The van der Waals surface area contributed by atoms with E-state index in [1.165, 1.54) is 5.69 Å². The summed E-state index contributed by atoms with van der Waals surface area (Å²) < 4.78 is 0. The normalized spacial score (nSPS) is 14.6. The van der Waals surface area contributed by atoms with Gasteiger partial charge in [0.15, 0.2) is 0 Å². The van der Waals surface area contributed by atoms with E-state index < -0.39 is 11.8 Å². The SMILES string of the molecule is Cc1c(Cl)cccc1NC(=O)C(=O)NCCN1CCN(c2ccccc2)CC1. The van der Waals surface area contributed by atoms with Gasteiger partial charge in [0.05, 0.1) is 0 Å². The Bertz CT molecular complexity index is 820. The largest absolute Gasteiger partial charge is 0.369 e. The standard InChI is InChI=1S/C21H25ClN4O2/c1-16-18(22)8-5-9-19(16)24-21(28)20(27)23-10-11-25-12-14-26(15-13-25)17-6-3-2-4-7-17/h2-9H,10-15H2,1H3,(H,23,27)(H,24,28). The maximum atomic E-state index is 12.1. The summed E-state index contributed by atoms with van der Waals surface area (Å²) in [5.41, 5.74) is 2.52. The lowest BCUT2D eigenvalue weighted by atomic mass is 10.2. The third-order valence-corrected chi connectivity index (χ3v) is 5.34. The molecule has 0 aliphatic carbocycles. The van der Waals surface area contributed by atoms with Crippen molar-refractivity contribution >= 4 is 34.8 Å². The van der Waals surface area contributed by atoms with E-state index in [2.05, 4.69) is 32.6 Å². The Morgan fingerprint density at radius 1 is 0.964 bits per heavy atom. The molecule has 28 heavy (non-hydrogen) atoms. The molecule has 3 rings (SSSR count). The summed E-state index contributed by atoms with van der Waals surface area (Å²) in [6.45, 7) is 6.71. The maximum absolute atomic E-state index is 12.1. The first-order valence-electron chi connectivity index (χ1n) is 9.41. The van der Waals surface area contributed by atoms with Crippen LogP contribution in [-0.2, 0) is 9.59 Å². The van der Waals surface area contributed by atoms with Crippen LogP contribution >= 0.6 is 11.6 Å². The number of benzene rings is 2. The van der Waals surface area contributed by atoms with E-state index in [0.717, 1.165) is 38.3 Å². The van der Waals surface area contributed by atoms with Crippen LogP contribution < -0.4 is 15.5 Å². The first-order valence-corrected chi connectivity index (χ1v) is 9.79. The van der Waals surface area contributed by atoms with Gasteiger partial charge < -0.3 is 15.5 Å². The fraction of sp³-hybridized carbons (Fsp3) is 0.333. The number of piperazine rings is 1. The first-order chi connectivity index (χ1) is 13.5.